The number of carbonyl (C=O) groups excluding carboxylic acids is 2. The Balaban J connectivity index is 1.06. The number of urea groups is 1. The van der Waals surface area contributed by atoms with Crippen LogP contribution in [0.15, 0.2) is 17.1 Å². The molecule has 216 valence electrons. The van der Waals surface area contributed by atoms with Crippen molar-refractivity contribution in [1.82, 2.24) is 24.3 Å². The zero-order valence-electron chi connectivity index (χ0n) is 23.6. The third-order valence-corrected chi connectivity index (χ3v) is 9.50. The van der Waals surface area contributed by atoms with E-state index in [1.54, 1.807) is 40.5 Å². The van der Waals surface area contributed by atoms with Gasteiger partial charge in [0.15, 0.2) is 0 Å². The van der Waals surface area contributed by atoms with Crippen LogP contribution in [0.5, 0.6) is 0 Å². The molecule has 39 heavy (non-hydrogen) atoms. The van der Waals surface area contributed by atoms with Gasteiger partial charge in [0.1, 0.15) is 5.82 Å². The number of piperazine rings is 1. The summed E-state index contributed by atoms with van der Waals surface area (Å²) in [6.07, 6.45) is 11.0. The topological polar surface area (TPSA) is 143 Å². The third-order valence-electron chi connectivity index (χ3n) is 9.50. The number of aromatic nitrogens is 2. The van der Waals surface area contributed by atoms with Crippen molar-refractivity contribution in [3.8, 4) is 0 Å². The smallest absolute Gasteiger partial charge is 0.338 e. The minimum absolute atomic E-state index is 0.124. The van der Waals surface area contributed by atoms with E-state index >= 15 is 0 Å². The van der Waals surface area contributed by atoms with Crippen LogP contribution in [0.1, 0.15) is 71.3 Å². The van der Waals surface area contributed by atoms with E-state index in [1.807, 2.05) is 0 Å². The number of hydrogen-bond donors (Lipinski definition) is 3. The van der Waals surface area contributed by atoms with Crippen molar-refractivity contribution in [2.24, 2.45) is 22.8 Å². The number of rotatable bonds is 5. The molecule has 2 aliphatic carbocycles. The molecule has 3 heterocycles. The number of carbonyl (C=O) groups is 2. The van der Waals surface area contributed by atoms with E-state index in [0.717, 1.165) is 25.7 Å². The van der Waals surface area contributed by atoms with Gasteiger partial charge < -0.3 is 26.2 Å². The summed E-state index contributed by atoms with van der Waals surface area (Å²) in [6.45, 7) is 8.59. The number of amides is 3. The molecule has 0 unspecified atom stereocenters. The minimum Gasteiger partial charge on any atom is -0.338 e. The molecule has 2 aliphatic heterocycles. The highest BCUT2D eigenvalue weighted by Gasteiger charge is 2.44. The molecule has 1 spiro atoms. The van der Waals surface area contributed by atoms with Gasteiger partial charge >= 0.3 is 11.7 Å². The molecule has 1 aromatic heterocycles. The van der Waals surface area contributed by atoms with Crippen molar-refractivity contribution in [2.45, 2.75) is 82.8 Å². The maximum atomic E-state index is 12.8. The molecule has 5 rings (SSSR count). The van der Waals surface area contributed by atoms with E-state index in [0.29, 0.717) is 43.6 Å². The molecule has 2 saturated heterocycles. The lowest BCUT2D eigenvalue weighted by Gasteiger charge is -2.51. The van der Waals surface area contributed by atoms with Crippen LogP contribution in [0.4, 0.5) is 10.6 Å². The van der Waals surface area contributed by atoms with E-state index in [4.69, 9.17) is 11.5 Å². The van der Waals surface area contributed by atoms with Gasteiger partial charge in [-0.25, -0.2) is 9.59 Å². The van der Waals surface area contributed by atoms with Gasteiger partial charge in [-0.15, -0.1) is 0 Å². The Morgan fingerprint density at radius 1 is 1.03 bits per heavy atom. The first-order valence-corrected chi connectivity index (χ1v) is 14.7. The largest absolute Gasteiger partial charge is 0.349 e. The van der Waals surface area contributed by atoms with Crippen LogP contribution >= 0.6 is 0 Å². The fraction of sp³-hybridized carbons (Fsp3) is 0.786. The van der Waals surface area contributed by atoms with Crippen LogP contribution in [-0.2, 0) is 4.79 Å². The molecule has 11 nitrogen and oxygen atoms in total. The van der Waals surface area contributed by atoms with Gasteiger partial charge in [-0.3, -0.25) is 14.7 Å². The van der Waals surface area contributed by atoms with Gasteiger partial charge in [0.05, 0.1) is 5.54 Å². The summed E-state index contributed by atoms with van der Waals surface area (Å²) in [7, 11) is 0. The van der Waals surface area contributed by atoms with Crippen LogP contribution in [0.3, 0.4) is 0 Å². The van der Waals surface area contributed by atoms with Crippen LogP contribution in [0, 0.1) is 11.3 Å². The summed E-state index contributed by atoms with van der Waals surface area (Å²) >= 11 is 0. The molecular formula is C28H46N8O3. The van der Waals surface area contributed by atoms with Gasteiger partial charge in [-0.05, 0) is 95.7 Å². The first-order valence-electron chi connectivity index (χ1n) is 14.7. The maximum absolute atomic E-state index is 12.8. The third kappa shape index (κ3) is 6.47. The summed E-state index contributed by atoms with van der Waals surface area (Å²) < 4.78 is 1.73. The summed E-state index contributed by atoms with van der Waals surface area (Å²) in [5.74, 6) is 0.820. The quantitative estimate of drug-likeness (QED) is 0.513. The van der Waals surface area contributed by atoms with E-state index in [2.05, 4.69) is 15.2 Å². The van der Waals surface area contributed by atoms with E-state index < -0.39 is 5.54 Å². The lowest BCUT2D eigenvalue weighted by molar-refractivity contribution is -0.137. The van der Waals surface area contributed by atoms with E-state index in [1.165, 1.54) is 45.3 Å². The molecule has 3 amide bonds. The molecule has 11 heteroatoms. The molecule has 4 fully saturated rings. The second kappa shape index (κ2) is 11.2. The Morgan fingerprint density at radius 2 is 1.64 bits per heavy atom. The fourth-order valence-electron chi connectivity index (χ4n) is 7.11. The highest BCUT2D eigenvalue weighted by molar-refractivity contribution is 5.89. The monoisotopic (exact) mass is 542 g/mol. The number of hydrogen-bond acceptors (Lipinski definition) is 7. The zero-order valence-corrected chi connectivity index (χ0v) is 23.6. The number of nitrogens with one attached hydrogen (secondary N) is 1. The van der Waals surface area contributed by atoms with Gasteiger partial charge in [-0.2, -0.15) is 4.98 Å². The van der Waals surface area contributed by atoms with Crippen LogP contribution in [-0.4, -0.2) is 93.6 Å². The second-order valence-electron chi connectivity index (χ2n) is 13.1. The summed E-state index contributed by atoms with van der Waals surface area (Å²) in [6, 6.07) is 1.98. The normalized spacial score (nSPS) is 26.4. The lowest BCUT2D eigenvalue weighted by Crippen LogP contribution is -2.58. The highest BCUT2D eigenvalue weighted by Crippen LogP contribution is 2.48. The van der Waals surface area contributed by atoms with Gasteiger partial charge in [0, 0.05) is 51.0 Å². The Morgan fingerprint density at radius 3 is 2.21 bits per heavy atom. The molecule has 0 aromatic carbocycles. The molecule has 1 aromatic rings. The van der Waals surface area contributed by atoms with Gasteiger partial charge in [0.2, 0.25) is 5.91 Å². The molecule has 0 bridgehead atoms. The number of nitrogens with two attached hydrogens (primary N) is 2. The summed E-state index contributed by atoms with van der Waals surface area (Å²) in [5, 5.41) is 2.75. The van der Waals surface area contributed by atoms with Crippen molar-refractivity contribution >= 4 is 17.8 Å². The molecule has 2 saturated carbocycles. The first kappa shape index (κ1) is 28.0. The zero-order chi connectivity index (χ0) is 27.8. The van der Waals surface area contributed by atoms with E-state index in [-0.39, 0.29) is 29.5 Å². The van der Waals surface area contributed by atoms with Crippen LogP contribution in [0.2, 0.25) is 0 Å². The summed E-state index contributed by atoms with van der Waals surface area (Å²) in [4.78, 5) is 48.1. The summed E-state index contributed by atoms with van der Waals surface area (Å²) in [5.41, 5.74) is 11.3. The second-order valence-corrected chi connectivity index (χ2v) is 13.1. The number of piperidine rings is 1. The predicted octanol–water partition coefficient (Wildman–Crippen LogP) is 1.59. The van der Waals surface area contributed by atoms with Gasteiger partial charge in [0.25, 0.3) is 0 Å². The minimum atomic E-state index is -0.931. The highest BCUT2D eigenvalue weighted by atomic mass is 16.2. The lowest BCUT2D eigenvalue weighted by atomic mass is 9.60. The van der Waals surface area contributed by atoms with Crippen molar-refractivity contribution in [1.29, 1.82) is 0 Å². The fourth-order valence-corrected chi connectivity index (χ4v) is 7.11. The molecule has 5 N–H and O–H groups in total. The average Bonchev–Trinajstić information content (AvgIpc) is 2.89. The molecule has 0 radical (unpaired) electrons. The van der Waals surface area contributed by atoms with Crippen molar-refractivity contribution in [2.75, 3.05) is 51.1 Å². The Hall–Kier alpha value is -2.50. The molecule has 0 atom stereocenters. The standard InChI is InChI=1S/C28H46N8O3/c1-27(2,30)24(37)34-13-15-35(16-14-34)25(38)31-23-7-10-36(26(39)32-23)22-5-3-20(4-6-22)19-33-11-8-28(9-12-33)17-21(29)18-28/h7,10,20-22H,3-6,8-9,11-19,29-30H2,1-2H3,(H,31,32,38,39). The predicted molar refractivity (Wildman–Crippen MR) is 150 cm³/mol. The Bertz CT molecular complexity index is 1080. The maximum Gasteiger partial charge on any atom is 0.349 e. The Labute approximate surface area is 231 Å². The number of nitrogens with zero attached hydrogens (tertiary/aromatic N) is 5. The molecule has 4 aliphatic rings. The van der Waals surface area contributed by atoms with Crippen molar-refractivity contribution in [3.63, 3.8) is 0 Å². The SMILES string of the molecule is CC(C)(N)C(=O)N1CCN(C(=O)Nc2ccn(C3CCC(CN4CCC5(CC4)CC(N)C5)CC3)c(=O)n2)CC1. The molecular weight excluding hydrogens is 496 g/mol. The van der Waals surface area contributed by atoms with E-state index in [9.17, 15) is 14.4 Å². The first-order chi connectivity index (χ1) is 18.5. The number of anilines is 1. The average molecular weight is 543 g/mol. The van der Waals surface area contributed by atoms with Crippen LogP contribution in [0.25, 0.3) is 0 Å². The van der Waals surface area contributed by atoms with Crippen molar-refractivity contribution in [3.05, 3.63) is 22.7 Å². The van der Waals surface area contributed by atoms with Crippen LogP contribution < -0.4 is 22.5 Å². The Kier molecular flexibility index (Phi) is 8.03. The van der Waals surface area contributed by atoms with Crippen molar-refractivity contribution < 1.29 is 9.59 Å². The van der Waals surface area contributed by atoms with Gasteiger partial charge in [-0.1, -0.05) is 0 Å². The number of likely N-dealkylation sites (tertiary alicyclic amines) is 1.